The highest BCUT2D eigenvalue weighted by atomic mass is 35.5. The zero-order valence-electron chi connectivity index (χ0n) is 21.1. The Morgan fingerprint density at radius 3 is 2.54 bits per heavy atom. The molecule has 202 valence electrons. The maximum atomic E-state index is 13.5. The number of rotatable bonds is 8. The van der Waals surface area contributed by atoms with Gasteiger partial charge in [0.15, 0.2) is 5.15 Å². The summed E-state index contributed by atoms with van der Waals surface area (Å²) in [6, 6.07) is 13.4. The average Bonchev–Trinajstić information content (AvgIpc) is 3.59. The Balaban J connectivity index is 1.47. The lowest BCUT2D eigenvalue weighted by Crippen LogP contribution is -2.37. The number of pyridine rings is 1. The second-order valence-corrected chi connectivity index (χ2v) is 9.69. The maximum absolute atomic E-state index is 13.5. The third kappa shape index (κ3) is 5.34. The van der Waals surface area contributed by atoms with Gasteiger partial charge in [0.2, 0.25) is 0 Å². The molecule has 3 heterocycles. The van der Waals surface area contributed by atoms with Gasteiger partial charge in [0.25, 0.3) is 5.56 Å². The van der Waals surface area contributed by atoms with Gasteiger partial charge in [0.1, 0.15) is 5.75 Å². The van der Waals surface area contributed by atoms with Crippen LogP contribution >= 0.6 is 23.2 Å². The highest BCUT2D eigenvalue weighted by molar-refractivity contribution is 6.31. The van der Waals surface area contributed by atoms with Crippen molar-refractivity contribution < 1.29 is 14.6 Å². The van der Waals surface area contributed by atoms with Crippen LogP contribution in [0, 0.1) is 0 Å². The molecular weight excluding hydrogens is 545 g/mol. The van der Waals surface area contributed by atoms with Crippen molar-refractivity contribution in [3.05, 3.63) is 87.0 Å². The van der Waals surface area contributed by atoms with Gasteiger partial charge in [-0.15, -0.1) is 5.10 Å². The molecule has 0 saturated carbocycles. The Kier molecular flexibility index (Phi) is 7.58. The first-order valence-corrected chi connectivity index (χ1v) is 12.8. The monoisotopic (exact) mass is 569 g/mol. The smallest absolute Gasteiger partial charge is 0.335 e. The number of hydrogen-bond acceptors (Lipinski definition) is 8. The van der Waals surface area contributed by atoms with Gasteiger partial charge < -0.3 is 9.84 Å². The summed E-state index contributed by atoms with van der Waals surface area (Å²) in [6.45, 7) is 2.97. The molecular formula is C26H25Cl2N7O4. The standard InChI is InChI=1S/C26H25Cl2N7O4/c1-3-24(32-14-29-35(15-32)18-7-4-16(5-8-18)26(37)38)33-12-22(39-2)20(11-25(33)36)19-10-17(27)6-9-21(19)34-13-23(28)30-31-34/h4-13,24,29H,3,14-15H2,1-2H3,(H,37,38). The van der Waals surface area contributed by atoms with E-state index in [1.807, 2.05) is 11.9 Å². The second kappa shape index (κ2) is 11.1. The predicted octanol–water partition coefficient (Wildman–Crippen LogP) is 4.26. The van der Waals surface area contributed by atoms with Gasteiger partial charge in [-0.1, -0.05) is 35.3 Å². The number of aromatic carboxylic acids is 1. The molecule has 11 nitrogen and oxygen atoms in total. The van der Waals surface area contributed by atoms with Crippen LogP contribution in [0.4, 0.5) is 5.69 Å². The summed E-state index contributed by atoms with van der Waals surface area (Å²) in [4.78, 5) is 26.8. The molecule has 2 aromatic heterocycles. The normalized spacial score (nSPS) is 14.5. The van der Waals surface area contributed by atoms with Crippen molar-refractivity contribution >= 4 is 34.9 Å². The molecule has 1 aliphatic rings. The fourth-order valence-electron chi connectivity index (χ4n) is 4.66. The fourth-order valence-corrected chi connectivity index (χ4v) is 4.96. The highest BCUT2D eigenvalue weighted by Gasteiger charge is 2.28. The van der Waals surface area contributed by atoms with E-state index in [4.69, 9.17) is 33.0 Å². The van der Waals surface area contributed by atoms with Gasteiger partial charge in [-0.3, -0.25) is 14.4 Å². The number of anilines is 1. The maximum Gasteiger partial charge on any atom is 0.335 e. The molecule has 0 bridgehead atoms. The van der Waals surface area contributed by atoms with E-state index in [0.717, 1.165) is 5.69 Å². The number of carbonyl (C=O) groups is 1. The van der Waals surface area contributed by atoms with E-state index >= 15 is 0 Å². The molecule has 0 amide bonds. The van der Waals surface area contributed by atoms with Crippen molar-refractivity contribution in [2.24, 2.45) is 0 Å². The van der Waals surface area contributed by atoms with E-state index < -0.39 is 5.97 Å². The molecule has 5 rings (SSSR count). The molecule has 1 atom stereocenters. The van der Waals surface area contributed by atoms with Crippen LogP contribution < -0.4 is 20.7 Å². The minimum Gasteiger partial charge on any atom is -0.495 e. The molecule has 0 aliphatic carbocycles. The molecule has 4 aromatic rings. The summed E-state index contributed by atoms with van der Waals surface area (Å²) in [5, 5.41) is 19.7. The van der Waals surface area contributed by atoms with Crippen LogP contribution in [-0.2, 0) is 0 Å². The number of carboxylic acid groups (broad SMARTS) is 1. The van der Waals surface area contributed by atoms with Gasteiger partial charge in [0, 0.05) is 22.2 Å². The minimum atomic E-state index is -0.977. The summed E-state index contributed by atoms with van der Waals surface area (Å²) < 4.78 is 8.91. The van der Waals surface area contributed by atoms with Crippen LogP contribution in [0.5, 0.6) is 5.75 Å². The Morgan fingerprint density at radius 2 is 1.90 bits per heavy atom. The van der Waals surface area contributed by atoms with Crippen molar-refractivity contribution in [1.82, 2.24) is 29.9 Å². The summed E-state index contributed by atoms with van der Waals surface area (Å²) in [7, 11) is 1.55. The number of carboxylic acids is 1. The van der Waals surface area contributed by atoms with Crippen molar-refractivity contribution in [3.63, 3.8) is 0 Å². The Labute approximate surface area is 233 Å². The zero-order chi connectivity index (χ0) is 27.7. The van der Waals surface area contributed by atoms with Crippen LogP contribution in [0.15, 0.2) is 65.7 Å². The van der Waals surface area contributed by atoms with E-state index in [1.54, 1.807) is 66.5 Å². The number of benzene rings is 2. The van der Waals surface area contributed by atoms with Gasteiger partial charge in [-0.25, -0.2) is 19.8 Å². The Morgan fingerprint density at radius 1 is 1.13 bits per heavy atom. The van der Waals surface area contributed by atoms with Gasteiger partial charge in [-0.2, -0.15) is 0 Å². The van der Waals surface area contributed by atoms with Crippen LogP contribution in [0.3, 0.4) is 0 Å². The molecule has 0 spiro atoms. The highest BCUT2D eigenvalue weighted by Crippen LogP contribution is 2.36. The van der Waals surface area contributed by atoms with Crippen molar-refractivity contribution in [1.29, 1.82) is 0 Å². The number of hydrogen-bond donors (Lipinski definition) is 2. The predicted molar refractivity (Wildman–Crippen MR) is 148 cm³/mol. The summed E-state index contributed by atoms with van der Waals surface area (Å²) >= 11 is 12.3. The first kappa shape index (κ1) is 26.7. The molecule has 0 radical (unpaired) electrons. The Bertz CT molecular complexity index is 1570. The van der Waals surface area contributed by atoms with Crippen molar-refractivity contribution in [2.45, 2.75) is 19.5 Å². The zero-order valence-corrected chi connectivity index (χ0v) is 22.6. The quantitative estimate of drug-likeness (QED) is 0.321. The van der Waals surface area contributed by atoms with Gasteiger partial charge >= 0.3 is 5.97 Å². The number of halogens is 2. The van der Waals surface area contributed by atoms with Gasteiger partial charge in [-0.05, 0) is 48.9 Å². The summed E-state index contributed by atoms with van der Waals surface area (Å²) in [6.07, 6.45) is 3.64. The van der Waals surface area contributed by atoms with Crippen LogP contribution in [-0.4, -0.2) is 56.0 Å². The molecule has 13 heteroatoms. The number of nitrogens with one attached hydrogen (secondary N) is 1. The van der Waals surface area contributed by atoms with Crippen molar-refractivity contribution in [2.75, 3.05) is 25.5 Å². The van der Waals surface area contributed by atoms with E-state index in [0.29, 0.717) is 47.3 Å². The SMILES string of the molecule is CCC(N1CNN(c2ccc(C(=O)O)cc2)C1)n1cc(OC)c(-c2cc(Cl)ccc2-n2cc(Cl)nn2)cc1=O. The first-order chi connectivity index (χ1) is 18.8. The molecule has 2 aromatic carbocycles. The number of ether oxygens (including phenoxy) is 1. The molecule has 2 N–H and O–H groups in total. The van der Waals surface area contributed by atoms with E-state index in [2.05, 4.69) is 20.6 Å². The van der Waals surface area contributed by atoms with Crippen LogP contribution in [0.1, 0.15) is 29.9 Å². The van der Waals surface area contributed by atoms with Gasteiger partial charge in [0.05, 0.1) is 55.9 Å². The topological polar surface area (TPSA) is 118 Å². The summed E-state index contributed by atoms with van der Waals surface area (Å²) in [5.74, 6) is -0.494. The second-order valence-electron chi connectivity index (χ2n) is 8.86. The molecule has 39 heavy (non-hydrogen) atoms. The minimum absolute atomic E-state index is 0.217. The molecule has 1 aliphatic heterocycles. The molecule has 1 unspecified atom stereocenters. The number of aromatic nitrogens is 4. The number of methoxy groups -OCH3 is 1. The van der Waals surface area contributed by atoms with E-state index in [1.165, 1.54) is 10.7 Å². The lowest BCUT2D eigenvalue weighted by Gasteiger charge is -2.28. The van der Waals surface area contributed by atoms with E-state index in [-0.39, 0.29) is 22.4 Å². The van der Waals surface area contributed by atoms with Crippen molar-refractivity contribution in [3.8, 4) is 22.6 Å². The molecule has 1 fully saturated rings. The fraction of sp³-hybridized carbons (Fsp3) is 0.231. The number of hydrazine groups is 1. The Hall–Kier alpha value is -3.90. The number of nitrogens with zero attached hydrogens (tertiary/aromatic N) is 6. The third-order valence-electron chi connectivity index (χ3n) is 6.55. The lowest BCUT2D eigenvalue weighted by molar-refractivity contribution is 0.0697. The van der Waals surface area contributed by atoms with Crippen LogP contribution in [0.25, 0.3) is 16.8 Å². The molecule has 1 saturated heterocycles. The largest absolute Gasteiger partial charge is 0.495 e. The summed E-state index contributed by atoms with van der Waals surface area (Å²) in [5.41, 5.74) is 5.94. The lowest BCUT2D eigenvalue weighted by atomic mass is 10.0. The average molecular weight is 570 g/mol. The van der Waals surface area contributed by atoms with Crippen LogP contribution in [0.2, 0.25) is 10.2 Å². The third-order valence-corrected chi connectivity index (χ3v) is 6.95. The van der Waals surface area contributed by atoms with E-state index in [9.17, 15) is 9.59 Å². The first-order valence-electron chi connectivity index (χ1n) is 12.1.